The molecule has 0 radical (unpaired) electrons. The van der Waals surface area contributed by atoms with Gasteiger partial charge in [-0.15, -0.1) is 5.10 Å². The molecule has 0 saturated carbocycles. The first-order chi connectivity index (χ1) is 9.16. The van der Waals surface area contributed by atoms with E-state index in [4.69, 9.17) is 5.73 Å². The Morgan fingerprint density at radius 1 is 1.21 bits per heavy atom. The van der Waals surface area contributed by atoms with Gasteiger partial charge in [-0.25, -0.2) is 9.67 Å². The lowest BCUT2D eigenvalue weighted by Crippen LogP contribution is -1.98. The van der Waals surface area contributed by atoms with Crippen LogP contribution in [0.25, 0.3) is 16.7 Å². The van der Waals surface area contributed by atoms with E-state index < -0.39 is 4.92 Å². The van der Waals surface area contributed by atoms with Gasteiger partial charge >= 0.3 is 0 Å². The highest BCUT2D eigenvalue weighted by atomic mass is 16.6. The minimum atomic E-state index is -0.447. The Labute approximate surface area is 107 Å². The standard InChI is InChI=1S/C12H9N5O2/c13-11-10-2-1-7-14-12(10)16(15-11)8-3-5-9(6-4-8)17(18)19/h1-7H,(H2,13,15). The minimum absolute atomic E-state index is 0.0288. The number of nitro groups is 1. The van der Waals surface area contributed by atoms with Crippen molar-refractivity contribution in [3.8, 4) is 5.69 Å². The summed E-state index contributed by atoms with van der Waals surface area (Å²) in [6.45, 7) is 0. The molecule has 0 aliphatic carbocycles. The highest BCUT2D eigenvalue weighted by Crippen LogP contribution is 2.22. The van der Waals surface area contributed by atoms with Crippen molar-refractivity contribution >= 4 is 22.5 Å². The van der Waals surface area contributed by atoms with Gasteiger partial charge < -0.3 is 5.73 Å². The third-order valence-electron chi connectivity index (χ3n) is 2.78. The number of nitrogen functional groups attached to an aromatic ring is 1. The summed E-state index contributed by atoms with van der Waals surface area (Å²) in [6.07, 6.45) is 1.64. The van der Waals surface area contributed by atoms with E-state index in [-0.39, 0.29) is 5.69 Å². The molecule has 1 aromatic carbocycles. The maximum Gasteiger partial charge on any atom is 0.269 e. The van der Waals surface area contributed by atoms with Crippen LogP contribution < -0.4 is 5.73 Å². The normalized spacial score (nSPS) is 10.7. The van der Waals surface area contributed by atoms with Gasteiger partial charge in [-0.3, -0.25) is 10.1 Å². The van der Waals surface area contributed by atoms with E-state index in [1.807, 2.05) is 6.07 Å². The Hall–Kier alpha value is -2.96. The third-order valence-corrected chi connectivity index (χ3v) is 2.78. The van der Waals surface area contributed by atoms with E-state index in [1.54, 1.807) is 29.1 Å². The molecule has 0 bridgehead atoms. The van der Waals surface area contributed by atoms with Crippen LogP contribution in [-0.2, 0) is 0 Å². The van der Waals surface area contributed by atoms with Gasteiger partial charge in [0.1, 0.15) is 0 Å². The van der Waals surface area contributed by atoms with Gasteiger partial charge in [-0.1, -0.05) is 0 Å². The second-order valence-corrected chi connectivity index (χ2v) is 3.95. The van der Waals surface area contributed by atoms with E-state index in [1.165, 1.54) is 12.1 Å². The topological polar surface area (TPSA) is 99.9 Å². The molecule has 3 aromatic rings. The Bertz CT molecular complexity index is 763. The van der Waals surface area contributed by atoms with Gasteiger partial charge in [0.05, 0.1) is 16.0 Å². The van der Waals surface area contributed by atoms with Gasteiger partial charge in [0, 0.05) is 18.3 Å². The number of hydrogen-bond donors (Lipinski definition) is 1. The predicted molar refractivity (Wildman–Crippen MR) is 69.9 cm³/mol. The van der Waals surface area contributed by atoms with Crippen molar-refractivity contribution in [1.82, 2.24) is 14.8 Å². The van der Waals surface area contributed by atoms with E-state index in [0.717, 1.165) is 5.39 Å². The predicted octanol–water partition coefficient (Wildman–Crippen LogP) is 1.91. The van der Waals surface area contributed by atoms with Crippen molar-refractivity contribution in [1.29, 1.82) is 0 Å². The van der Waals surface area contributed by atoms with Crippen LogP contribution in [0.5, 0.6) is 0 Å². The number of nitrogens with zero attached hydrogens (tertiary/aromatic N) is 4. The van der Waals surface area contributed by atoms with Gasteiger partial charge in [0.25, 0.3) is 5.69 Å². The monoisotopic (exact) mass is 255 g/mol. The average Bonchev–Trinajstić information content (AvgIpc) is 2.77. The highest BCUT2D eigenvalue weighted by Gasteiger charge is 2.11. The fraction of sp³-hybridized carbons (Fsp3) is 0. The molecule has 19 heavy (non-hydrogen) atoms. The number of aromatic nitrogens is 3. The number of pyridine rings is 1. The van der Waals surface area contributed by atoms with Crippen molar-refractivity contribution in [3.05, 3.63) is 52.7 Å². The van der Waals surface area contributed by atoms with Crippen LogP contribution in [0.1, 0.15) is 0 Å². The van der Waals surface area contributed by atoms with Crippen molar-refractivity contribution < 1.29 is 4.92 Å². The smallest absolute Gasteiger partial charge is 0.269 e. The first-order valence-electron chi connectivity index (χ1n) is 5.51. The second kappa shape index (κ2) is 4.05. The summed E-state index contributed by atoms with van der Waals surface area (Å²) in [6, 6.07) is 9.66. The Kier molecular flexibility index (Phi) is 2.38. The first-order valence-corrected chi connectivity index (χ1v) is 5.51. The average molecular weight is 255 g/mol. The van der Waals surface area contributed by atoms with E-state index in [9.17, 15) is 10.1 Å². The lowest BCUT2D eigenvalue weighted by atomic mass is 10.3. The lowest BCUT2D eigenvalue weighted by molar-refractivity contribution is -0.384. The van der Waals surface area contributed by atoms with Gasteiger partial charge in [0.2, 0.25) is 0 Å². The zero-order chi connectivity index (χ0) is 13.4. The SMILES string of the molecule is Nc1nn(-c2ccc([N+](=O)[O-])cc2)c2ncccc12. The van der Waals surface area contributed by atoms with Crippen LogP contribution in [0.15, 0.2) is 42.6 Å². The Morgan fingerprint density at radius 3 is 2.63 bits per heavy atom. The van der Waals surface area contributed by atoms with Crippen LogP contribution in [0, 0.1) is 10.1 Å². The summed E-state index contributed by atoms with van der Waals surface area (Å²) in [5.74, 6) is 0.376. The summed E-state index contributed by atoms with van der Waals surface area (Å²) in [5, 5.41) is 15.6. The third kappa shape index (κ3) is 1.77. The summed E-state index contributed by atoms with van der Waals surface area (Å²) in [5.41, 5.74) is 7.13. The van der Waals surface area contributed by atoms with Crippen molar-refractivity contribution in [2.45, 2.75) is 0 Å². The van der Waals surface area contributed by atoms with Crippen LogP contribution in [-0.4, -0.2) is 19.7 Å². The van der Waals surface area contributed by atoms with Gasteiger partial charge in [0.15, 0.2) is 11.5 Å². The second-order valence-electron chi connectivity index (χ2n) is 3.95. The largest absolute Gasteiger partial charge is 0.382 e. The Balaban J connectivity index is 2.16. The lowest BCUT2D eigenvalue weighted by Gasteiger charge is -2.01. The summed E-state index contributed by atoms with van der Waals surface area (Å²) >= 11 is 0. The van der Waals surface area contributed by atoms with Crippen LogP contribution in [0.2, 0.25) is 0 Å². The molecule has 3 rings (SSSR count). The molecule has 2 N–H and O–H groups in total. The number of hydrogen-bond acceptors (Lipinski definition) is 5. The van der Waals surface area contributed by atoms with Gasteiger partial charge in [-0.05, 0) is 24.3 Å². The highest BCUT2D eigenvalue weighted by molar-refractivity contribution is 5.87. The summed E-state index contributed by atoms with van der Waals surface area (Å²) in [4.78, 5) is 14.4. The maximum absolute atomic E-state index is 10.6. The molecule has 0 spiro atoms. The number of benzene rings is 1. The number of anilines is 1. The van der Waals surface area contributed by atoms with Crippen LogP contribution in [0.3, 0.4) is 0 Å². The number of nitrogens with two attached hydrogens (primary N) is 1. The molecule has 7 nitrogen and oxygen atoms in total. The van der Waals surface area contributed by atoms with E-state index in [2.05, 4.69) is 10.1 Å². The summed E-state index contributed by atoms with van der Waals surface area (Å²) < 4.78 is 1.56. The van der Waals surface area contributed by atoms with Gasteiger partial charge in [-0.2, -0.15) is 0 Å². The Morgan fingerprint density at radius 2 is 1.95 bits per heavy atom. The van der Waals surface area contributed by atoms with Crippen LogP contribution in [0.4, 0.5) is 11.5 Å². The first kappa shape index (κ1) is 11.1. The molecule has 0 fully saturated rings. The zero-order valence-corrected chi connectivity index (χ0v) is 9.72. The number of rotatable bonds is 2. The molecule has 2 heterocycles. The zero-order valence-electron chi connectivity index (χ0n) is 9.72. The molecule has 0 atom stereocenters. The maximum atomic E-state index is 10.6. The van der Waals surface area contributed by atoms with Crippen molar-refractivity contribution in [2.75, 3.05) is 5.73 Å². The molecule has 0 amide bonds. The van der Waals surface area contributed by atoms with Crippen molar-refractivity contribution in [3.63, 3.8) is 0 Å². The molecular weight excluding hydrogens is 246 g/mol. The minimum Gasteiger partial charge on any atom is -0.382 e. The fourth-order valence-corrected chi connectivity index (χ4v) is 1.87. The number of non-ortho nitro benzene ring substituents is 1. The van der Waals surface area contributed by atoms with Crippen LogP contribution >= 0.6 is 0 Å². The molecule has 94 valence electrons. The van der Waals surface area contributed by atoms with E-state index >= 15 is 0 Å². The number of fused-ring (bicyclic) bond motifs is 1. The molecule has 7 heteroatoms. The van der Waals surface area contributed by atoms with Crippen molar-refractivity contribution in [2.24, 2.45) is 0 Å². The molecule has 0 unspecified atom stereocenters. The fourth-order valence-electron chi connectivity index (χ4n) is 1.87. The molecule has 0 saturated heterocycles. The summed E-state index contributed by atoms with van der Waals surface area (Å²) in [7, 11) is 0. The molecular formula is C12H9N5O2. The molecule has 0 aliphatic heterocycles. The quantitative estimate of drug-likeness (QED) is 0.557. The molecule has 2 aromatic heterocycles. The van der Waals surface area contributed by atoms with E-state index in [0.29, 0.717) is 17.2 Å². The molecule has 0 aliphatic rings. The number of nitro benzene ring substituents is 1.